The number of carbonyl (C=O) groups is 1. The molecule has 1 amide bonds. The van der Waals surface area contributed by atoms with Crippen molar-refractivity contribution in [3.63, 3.8) is 0 Å². The number of nitrogens with zero attached hydrogens (tertiary/aromatic N) is 1. The Hall–Kier alpha value is -2.42. The number of ether oxygens (including phenoxy) is 1. The molecular weight excluding hydrogens is 473 g/mol. The summed E-state index contributed by atoms with van der Waals surface area (Å²) in [5.41, 5.74) is 1.30. The van der Waals surface area contributed by atoms with Gasteiger partial charge in [-0.3, -0.25) is 4.79 Å². The molecule has 0 spiro atoms. The molecule has 4 rings (SSSR count). The number of rotatable bonds is 6. The van der Waals surface area contributed by atoms with E-state index in [1.165, 1.54) is 23.5 Å². The summed E-state index contributed by atoms with van der Waals surface area (Å²) in [7, 11) is 0. The highest BCUT2D eigenvalue weighted by Crippen LogP contribution is 2.36. The lowest BCUT2D eigenvalue weighted by molar-refractivity contribution is -0.137. The van der Waals surface area contributed by atoms with Crippen LogP contribution in [0, 0.1) is 0 Å². The summed E-state index contributed by atoms with van der Waals surface area (Å²) >= 11 is 7.50. The topological polar surface area (TPSA) is 51.2 Å². The van der Waals surface area contributed by atoms with Crippen molar-refractivity contribution in [3.05, 3.63) is 75.8 Å². The number of thiazole rings is 1. The first-order valence-electron chi connectivity index (χ1n) is 10.5. The average Bonchev–Trinajstić information content (AvgIpc) is 3.26. The molecule has 2 aromatic carbocycles. The minimum atomic E-state index is -4.38. The zero-order chi connectivity index (χ0) is 23.5. The van der Waals surface area contributed by atoms with E-state index in [0.717, 1.165) is 30.5 Å². The van der Waals surface area contributed by atoms with Crippen molar-refractivity contribution in [2.45, 2.75) is 30.9 Å². The highest BCUT2D eigenvalue weighted by atomic mass is 35.5. The molecule has 0 unspecified atom stereocenters. The molecule has 33 heavy (non-hydrogen) atoms. The van der Waals surface area contributed by atoms with E-state index in [-0.39, 0.29) is 17.7 Å². The van der Waals surface area contributed by atoms with Crippen LogP contribution < -0.4 is 5.32 Å². The molecule has 0 saturated carbocycles. The summed E-state index contributed by atoms with van der Waals surface area (Å²) in [5.74, 6) is -0.160. The number of benzene rings is 2. The van der Waals surface area contributed by atoms with Crippen LogP contribution in [-0.4, -0.2) is 30.6 Å². The molecule has 9 heteroatoms. The summed E-state index contributed by atoms with van der Waals surface area (Å²) in [6.45, 7) is 1.70. The van der Waals surface area contributed by atoms with Gasteiger partial charge in [0.05, 0.1) is 17.7 Å². The number of nitrogens with one attached hydrogen (secondary N) is 1. The monoisotopic (exact) mass is 494 g/mol. The van der Waals surface area contributed by atoms with E-state index in [1.54, 1.807) is 5.38 Å². The highest BCUT2D eigenvalue weighted by Gasteiger charge is 2.35. The quantitative estimate of drug-likeness (QED) is 0.465. The van der Waals surface area contributed by atoms with Crippen molar-refractivity contribution in [1.29, 1.82) is 0 Å². The van der Waals surface area contributed by atoms with Crippen molar-refractivity contribution in [2.24, 2.45) is 0 Å². The van der Waals surface area contributed by atoms with Gasteiger partial charge in [0.15, 0.2) is 0 Å². The first-order valence-corrected chi connectivity index (χ1v) is 11.7. The summed E-state index contributed by atoms with van der Waals surface area (Å²) < 4.78 is 43.8. The Bertz CT molecular complexity index is 1110. The minimum absolute atomic E-state index is 0.0965. The van der Waals surface area contributed by atoms with Gasteiger partial charge in [-0.15, -0.1) is 11.3 Å². The molecule has 1 saturated heterocycles. The molecule has 1 aromatic heterocycles. The largest absolute Gasteiger partial charge is 0.416 e. The maximum absolute atomic E-state index is 12.8. The molecule has 2 heterocycles. The summed E-state index contributed by atoms with van der Waals surface area (Å²) in [6.07, 6.45) is -2.72. The van der Waals surface area contributed by atoms with Crippen molar-refractivity contribution >= 4 is 28.8 Å². The Kier molecular flexibility index (Phi) is 7.07. The van der Waals surface area contributed by atoms with Crippen LogP contribution in [0.3, 0.4) is 0 Å². The first-order chi connectivity index (χ1) is 15.7. The van der Waals surface area contributed by atoms with E-state index in [0.29, 0.717) is 41.0 Å². The van der Waals surface area contributed by atoms with Gasteiger partial charge < -0.3 is 10.1 Å². The molecule has 1 aliphatic rings. The van der Waals surface area contributed by atoms with Crippen LogP contribution in [-0.2, 0) is 27.5 Å². The van der Waals surface area contributed by atoms with Crippen LogP contribution in [0.2, 0.25) is 5.02 Å². The zero-order valence-corrected chi connectivity index (χ0v) is 19.2. The number of hydrogen-bond acceptors (Lipinski definition) is 4. The molecule has 4 nitrogen and oxygen atoms in total. The molecule has 1 N–H and O–H groups in total. The van der Waals surface area contributed by atoms with Gasteiger partial charge in [0.2, 0.25) is 5.91 Å². The minimum Gasteiger partial charge on any atom is -0.381 e. The van der Waals surface area contributed by atoms with Crippen LogP contribution in [0.1, 0.15) is 29.7 Å². The molecule has 0 bridgehead atoms. The van der Waals surface area contributed by atoms with Gasteiger partial charge in [-0.2, -0.15) is 13.2 Å². The number of hydrogen-bond donors (Lipinski definition) is 1. The molecule has 1 fully saturated rings. The predicted octanol–water partition coefficient (Wildman–Crippen LogP) is 5.89. The lowest BCUT2D eigenvalue weighted by Gasteiger charge is -2.38. The summed E-state index contributed by atoms with van der Waals surface area (Å²) in [6, 6.07) is 12.6. The lowest BCUT2D eigenvalue weighted by Crippen LogP contribution is -2.45. The average molecular weight is 495 g/mol. The van der Waals surface area contributed by atoms with Gasteiger partial charge in [-0.1, -0.05) is 35.9 Å². The maximum Gasteiger partial charge on any atom is 0.416 e. The van der Waals surface area contributed by atoms with Gasteiger partial charge in [-0.05, 0) is 42.7 Å². The third-order valence-electron chi connectivity index (χ3n) is 5.86. The Labute approximate surface area is 198 Å². The van der Waals surface area contributed by atoms with E-state index in [9.17, 15) is 18.0 Å². The van der Waals surface area contributed by atoms with Crippen molar-refractivity contribution in [3.8, 4) is 10.6 Å². The number of amides is 1. The Morgan fingerprint density at radius 3 is 2.55 bits per heavy atom. The first kappa shape index (κ1) is 23.7. The Morgan fingerprint density at radius 2 is 1.88 bits per heavy atom. The fourth-order valence-corrected chi connectivity index (χ4v) is 4.98. The Morgan fingerprint density at radius 1 is 1.15 bits per heavy atom. The van der Waals surface area contributed by atoms with Gasteiger partial charge in [0.25, 0.3) is 0 Å². The highest BCUT2D eigenvalue weighted by molar-refractivity contribution is 7.13. The third kappa shape index (κ3) is 5.75. The Balaban J connectivity index is 1.40. The van der Waals surface area contributed by atoms with Crippen LogP contribution >= 0.6 is 22.9 Å². The van der Waals surface area contributed by atoms with Crippen LogP contribution in [0.5, 0.6) is 0 Å². The van der Waals surface area contributed by atoms with E-state index in [4.69, 9.17) is 16.3 Å². The molecule has 174 valence electrons. The van der Waals surface area contributed by atoms with Crippen LogP contribution in [0.25, 0.3) is 10.6 Å². The number of carbonyl (C=O) groups excluding carboxylic acids is 1. The van der Waals surface area contributed by atoms with Gasteiger partial charge in [-0.25, -0.2) is 4.98 Å². The van der Waals surface area contributed by atoms with E-state index < -0.39 is 11.7 Å². The van der Waals surface area contributed by atoms with Gasteiger partial charge in [0, 0.05) is 41.1 Å². The van der Waals surface area contributed by atoms with Crippen molar-refractivity contribution in [1.82, 2.24) is 10.3 Å². The maximum atomic E-state index is 12.8. The van der Waals surface area contributed by atoms with E-state index >= 15 is 0 Å². The molecule has 0 aliphatic carbocycles. The third-order valence-corrected chi connectivity index (χ3v) is 7.04. The standard InChI is InChI=1S/C24H22ClF3N2O2S/c25-19-3-1-2-18(12-19)23(8-10-32-11-9-23)15-29-21(31)13-20-14-33-22(30-20)16-4-6-17(7-5-16)24(26,27)28/h1-7,12,14H,8-11,13,15H2,(H,29,31). The number of alkyl halides is 3. The molecule has 1 aliphatic heterocycles. The van der Waals surface area contributed by atoms with Gasteiger partial charge >= 0.3 is 6.18 Å². The van der Waals surface area contributed by atoms with E-state index in [1.807, 2.05) is 24.3 Å². The molecule has 0 atom stereocenters. The predicted molar refractivity (Wildman–Crippen MR) is 122 cm³/mol. The van der Waals surface area contributed by atoms with E-state index in [2.05, 4.69) is 10.3 Å². The molecular formula is C24H22ClF3N2O2S. The second-order valence-electron chi connectivity index (χ2n) is 8.08. The zero-order valence-electron chi connectivity index (χ0n) is 17.6. The second-order valence-corrected chi connectivity index (χ2v) is 9.37. The van der Waals surface area contributed by atoms with Crippen LogP contribution in [0.15, 0.2) is 53.9 Å². The van der Waals surface area contributed by atoms with Gasteiger partial charge in [0.1, 0.15) is 5.01 Å². The second kappa shape index (κ2) is 9.83. The fraction of sp³-hybridized carbons (Fsp3) is 0.333. The molecule has 0 radical (unpaired) electrons. The normalized spacial score (nSPS) is 15.9. The van der Waals surface area contributed by atoms with Crippen molar-refractivity contribution in [2.75, 3.05) is 19.8 Å². The smallest absolute Gasteiger partial charge is 0.381 e. The number of aromatic nitrogens is 1. The summed E-state index contributed by atoms with van der Waals surface area (Å²) in [4.78, 5) is 17.1. The number of halogens is 4. The van der Waals surface area contributed by atoms with Crippen LogP contribution in [0.4, 0.5) is 13.2 Å². The fourth-order valence-electron chi connectivity index (χ4n) is 3.97. The van der Waals surface area contributed by atoms with Crippen molar-refractivity contribution < 1.29 is 22.7 Å². The molecule has 3 aromatic rings. The summed E-state index contributed by atoms with van der Waals surface area (Å²) in [5, 5.41) is 6.02. The lowest BCUT2D eigenvalue weighted by atomic mass is 9.74. The SMILES string of the molecule is O=C(Cc1csc(-c2ccc(C(F)(F)F)cc2)n1)NCC1(c2cccc(Cl)c2)CCOCC1.